The fourth-order valence-corrected chi connectivity index (χ4v) is 2.16. The summed E-state index contributed by atoms with van der Waals surface area (Å²) in [6, 6.07) is 8.33. The highest BCUT2D eigenvalue weighted by Crippen LogP contribution is 2.29. The van der Waals surface area contributed by atoms with E-state index in [4.69, 9.17) is 9.47 Å². The Balaban J connectivity index is 2.11. The summed E-state index contributed by atoms with van der Waals surface area (Å²) in [5.41, 5.74) is 1.35. The zero-order valence-electron chi connectivity index (χ0n) is 12.4. The Labute approximate surface area is 123 Å². The number of pyridine rings is 1. The summed E-state index contributed by atoms with van der Waals surface area (Å²) >= 11 is 0. The van der Waals surface area contributed by atoms with Gasteiger partial charge in [0.15, 0.2) is 11.5 Å². The molecule has 1 aromatic carbocycles. The molecule has 1 heterocycles. The van der Waals surface area contributed by atoms with Crippen LogP contribution in [-0.2, 0) is 6.54 Å². The van der Waals surface area contributed by atoms with E-state index in [-0.39, 0.29) is 11.9 Å². The van der Waals surface area contributed by atoms with E-state index < -0.39 is 0 Å². The van der Waals surface area contributed by atoms with E-state index in [0.717, 1.165) is 5.69 Å². The normalized spacial score (nSPS) is 12.0. The Bertz CT molecular complexity index is 605. The fraction of sp³-hybridized carbons (Fsp3) is 0.312. The predicted octanol–water partition coefficient (Wildman–Crippen LogP) is 3.09. The van der Waals surface area contributed by atoms with Gasteiger partial charge in [-0.3, -0.25) is 4.98 Å². The van der Waals surface area contributed by atoms with Crippen LogP contribution in [0.1, 0.15) is 24.2 Å². The van der Waals surface area contributed by atoms with Crippen LogP contribution in [0.15, 0.2) is 36.5 Å². The molecule has 112 valence electrons. The van der Waals surface area contributed by atoms with E-state index in [1.54, 1.807) is 38.6 Å². The highest BCUT2D eigenvalue weighted by molar-refractivity contribution is 5.42. The van der Waals surface area contributed by atoms with Crippen molar-refractivity contribution >= 4 is 0 Å². The van der Waals surface area contributed by atoms with Crippen molar-refractivity contribution in [1.82, 2.24) is 10.3 Å². The number of nitrogens with zero attached hydrogens (tertiary/aromatic N) is 1. The van der Waals surface area contributed by atoms with Crippen LogP contribution in [0, 0.1) is 5.82 Å². The molecule has 1 unspecified atom stereocenters. The molecule has 1 aromatic heterocycles. The minimum absolute atomic E-state index is 0.135. The molecule has 1 N–H and O–H groups in total. The zero-order valence-corrected chi connectivity index (χ0v) is 12.4. The van der Waals surface area contributed by atoms with Gasteiger partial charge >= 0.3 is 0 Å². The Morgan fingerprint density at radius 1 is 1.19 bits per heavy atom. The highest BCUT2D eigenvalue weighted by atomic mass is 19.1. The van der Waals surface area contributed by atoms with Gasteiger partial charge in [0.25, 0.3) is 0 Å². The van der Waals surface area contributed by atoms with Gasteiger partial charge in [0.05, 0.1) is 19.9 Å². The number of hydrogen-bond donors (Lipinski definition) is 1. The molecule has 4 nitrogen and oxygen atoms in total. The molecule has 1 atom stereocenters. The van der Waals surface area contributed by atoms with Gasteiger partial charge in [0.2, 0.25) is 0 Å². The molecule has 0 spiro atoms. The van der Waals surface area contributed by atoms with Crippen molar-refractivity contribution in [1.29, 1.82) is 0 Å². The van der Waals surface area contributed by atoms with Crippen molar-refractivity contribution in [3.8, 4) is 11.5 Å². The van der Waals surface area contributed by atoms with Gasteiger partial charge in [0.1, 0.15) is 5.82 Å². The summed E-state index contributed by atoms with van der Waals surface area (Å²) in [5.74, 6) is 0.999. The molecule has 0 radical (unpaired) electrons. The lowest BCUT2D eigenvalue weighted by Gasteiger charge is -2.16. The topological polar surface area (TPSA) is 43.4 Å². The molecule has 0 amide bonds. The van der Waals surface area contributed by atoms with Crippen molar-refractivity contribution in [3.05, 3.63) is 53.6 Å². The number of rotatable bonds is 6. The van der Waals surface area contributed by atoms with Crippen LogP contribution in [0.25, 0.3) is 0 Å². The lowest BCUT2D eigenvalue weighted by atomic mass is 10.1. The Morgan fingerprint density at radius 3 is 2.62 bits per heavy atom. The lowest BCUT2D eigenvalue weighted by molar-refractivity contribution is 0.347. The van der Waals surface area contributed by atoms with E-state index >= 15 is 0 Å². The standard InChI is InChI=1S/C16H19FN2O2/c1-11(12-6-4-5-7-13(12)17)19-10-14-16(21-3)15(20-2)8-9-18-14/h4-9,11,19H,10H2,1-3H3. The molecule has 0 fully saturated rings. The maximum atomic E-state index is 13.7. The Morgan fingerprint density at radius 2 is 1.95 bits per heavy atom. The zero-order chi connectivity index (χ0) is 15.2. The van der Waals surface area contributed by atoms with Crippen LogP contribution < -0.4 is 14.8 Å². The Hall–Kier alpha value is -2.14. The molecular formula is C16H19FN2O2. The van der Waals surface area contributed by atoms with Gasteiger partial charge < -0.3 is 14.8 Å². The first-order valence-electron chi connectivity index (χ1n) is 6.71. The molecule has 21 heavy (non-hydrogen) atoms. The van der Waals surface area contributed by atoms with Crippen LogP contribution in [0.3, 0.4) is 0 Å². The van der Waals surface area contributed by atoms with Gasteiger partial charge in [-0.25, -0.2) is 4.39 Å². The minimum atomic E-state index is -0.219. The predicted molar refractivity (Wildman–Crippen MR) is 79.0 cm³/mol. The maximum Gasteiger partial charge on any atom is 0.183 e. The number of methoxy groups -OCH3 is 2. The number of benzene rings is 1. The summed E-state index contributed by atoms with van der Waals surface area (Å²) in [7, 11) is 3.15. The van der Waals surface area contributed by atoms with E-state index in [1.807, 2.05) is 13.0 Å². The molecule has 0 aliphatic heterocycles. The van der Waals surface area contributed by atoms with Crippen LogP contribution in [-0.4, -0.2) is 19.2 Å². The highest BCUT2D eigenvalue weighted by Gasteiger charge is 2.14. The van der Waals surface area contributed by atoms with Crippen molar-refractivity contribution in [2.45, 2.75) is 19.5 Å². The average molecular weight is 290 g/mol. The van der Waals surface area contributed by atoms with Crippen molar-refractivity contribution < 1.29 is 13.9 Å². The number of halogens is 1. The smallest absolute Gasteiger partial charge is 0.183 e. The van der Waals surface area contributed by atoms with Crippen LogP contribution in [0.5, 0.6) is 11.5 Å². The fourth-order valence-electron chi connectivity index (χ4n) is 2.16. The molecule has 0 aliphatic carbocycles. The van der Waals surface area contributed by atoms with Crippen LogP contribution in [0.2, 0.25) is 0 Å². The second-order valence-electron chi connectivity index (χ2n) is 4.62. The molecular weight excluding hydrogens is 271 g/mol. The SMILES string of the molecule is COc1ccnc(CNC(C)c2ccccc2F)c1OC. The Kier molecular flexibility index (Phi) is 5.11. The average Bonchev–Trinajstić information content (AvgIpc) is 2.52. The van der Waals surface area contributed by atoms with Gasteiger partial charge in [-0.15, -0.1) is 0 Å². The van der Waals surface area contributed by atoms with Crippen LogP contribution >= 0.6 is 0 Å². The summed E-state index contributed by atoms with van der Waals surface area (Å²) in [6.45, 7) is 2.36. The summed E-state index contributed by atoms with van der Waals surface area (Å²) in [6.07, 6.45) is 1.66. The van der Waals surface area contributed by atoms with E-state index in [0.29, 0.717) is 23.6 Å². The minimum Gasteiger partial charge on any atom is -0.493 e. The van der Waals surface area contributed by atoms with Gasteiger partial charge in [-0.1, -0.05) is 18.2 Å². The quantitative estimate of drug-likeness (QED) is 0.888. The summed E-state index contributed by atoms with van der Waals surface area (Å²) in [5, 5.41) is 3.24. The molecule has 0 saturated heterocycles. The first-order valence-corrected chi connectivity index (χ1v) is 6.71. The van der Waals surface area contributed by atoms with Crippen molar-refractivity contribution in [2.24, 2.45) is 0 Å². The third-order valence-corrected chi connectivity index (χ3v) is 3.31. The monoisotopic (exact) mass is 290 g/mol. The number of nitrogens with one attached hydrogen (secondary N) is 1. The summed E-state index contributed by atoms with van der Waals surface area (Å²) in [4.78, 5) is 4.28. The van der Waals surface area contributed by atoms with E-state index in [9.17, 15) is 4.39 Å². The van der Waals surface area contributed by atoms with Gasteiger partial charge in [-0.05, 0) is 13.0 Å². The lowest BCUT2D eigenvalue weighted by Crippen LogP contribution is -2.20. The molecule has 5 heteroatoms. The molecule has 0 bridgehead atoms. The third-order valence-electron chi connectivity index (χ3n) is 3.31. The van der Waals surface area contributed by atoms with Crippen molar-refractivity contribution in [2.75, 3.05) is 14.2 Å². The first kappa shape index (κ1) is 15.3. The second-order valence-corrected chi connectivity index (χ2v) is 4.62. The van der Waals surface area contributed by atoms with Crippen molar-refractivity contribution in [3.63, 3.8) is 0 Å². The van der Waals surface area contributed by atoms with Crippen LogP contribution in [0.4, 0.5) is 4.39 Å². The van der Waals surface area contributed by atoms with Gasteiger partial charge in [-0.2, -0.15) is 0 Å². The second kappa shape index (κ2) is 7.04. The molecule has 0 aliphatic rings. The molecule has 2 rings (SSSR count). The third kappa shape index (κ3) is 3.49. The largest absolute Gasteiger partial charge is 0.493 e. The summed E-state index contributed by atoms with van der Waals surface area (Å²) < 4.78 is 24.3. The van der Waals surface area contributed by atoms with E-state index in [2.05, 4.69) is 10.3 Å². The van der Waals surface area contributed by atoms with Gasteiger partial charge in [0, 0.05) is 30.4 Å². The molecule has 0 saturated carbocycles. The van der Waals surface area contributed by atoms with E-state index in [1.165, 1.54) is 6.07 Å². The maximum absolute atomic E-state index is 13.7. The number of aromatic nitrogens is 1. The molecule has 2 aromatic rings. The number of hydrogen-bond acceptors (Lipinski definition) is 4. The first-order chi connectivity index (χ1) is 10.2. The number of ether oxygens (including phenoxy) is 2.